The third kappa shape index (κ3) is 4.94. The molecule has 0 aromatic carbocycles. The van der Waals surface area contributed by atoms with Crippen LogP contribution in [0.5, 0.6) is 0 Å². The van der Waals surface area contributed by atoms with Gasteiger partial charge in [-0.3, -0.25) is 4.99 Å². The van der Waals surface area contributed by atoms with Crippen LogP contribution in [0.4, 0.5) is 0 Å². The number of guanidine groups is 1. The summed E-state index contributed by atoms with van der Waals surface area (Å²) in [5.41, 5.74) is 5.28. The van der Waals surface area contributed by atoms with Crippen LogP contribution in [-0.2, 0) is 0 Å². The molecule has 0 aromatic rings. The fourth-order valence-corrected chi connectivity index (χ4v) is 2.64. The second-order valence-electron chi connectivity index (χ2n) is 6.05. The van der Waals surface area contributed by atoms with Crippen LogP contribution < -0.4 is 11.1 Å². The van der Waals surface area contributed by atoms with Crippen molar-refractivity contribution in [2.45, 2.75) is 58.5 Å². The molecule has 1 aliphatic carbocycles. The first kappa shape index (κ1) is 14.3. The lowest BCUT2D eigenvalue weighted by Gasteiger charge is -2.40. The number of rotatable bonds is 4. The van der Waals surface area contributed by atoms with Gasteiger partial charge in [-0.25, -0.2) is 0 Å². The second-order valence-corrected chi connectivity index (χ2v) is 6.05. The van der Waals surface area contributed by atoms with E-state index in [1.807, 2.05) is 0 Å². The van der Waals surface area contributed by atoms with E-state index in [2.05, 4.69) is 31.1 Å². The minimum absolute atomic E-state index is 0.216. The Morgan fingerprint density at radius 1 is 1.41 bits per heavy atom. The Balaban J connectivity index is 2.49. The van der Waals surface area contributed by atoms with Crippen LogP contribution in [0.3, 0.4) is 0 Å². The van der Waals surface area contributed by atoms with E-state index in [0.717, 1.165) is 32.2 Å². The summed E-state index contributed by atoms with van der Waals surface area (Å²) in [7, 11) is 0. The lowest BCUT2D eigenvalue weighted by Crippen LogP contribution is -2.43. The molecule has 1 saturated carbocycles. The lowest BCUT2D eigenvalue weighted by atomic mass is 9.70. The van der Waals surface area contributed by atoms with Gasteiger partial charge in [-0.1, -0.05) is 20.8 Å². The van der Waals surface area contributed by atoms with Crippen LogP contribution in [0.15, 0.2) is 4.99 Å². The Morgan fingerprint density at radius 3 is 2.71 bits per heavy atom. The Hall–Kier alpha value is -0.770. The number of hydrogen-bond donors (Lipinski definition) is 3. The van der Waals surface area contributed by atoms with Crippen LogP contribution in [0, 0.1) is 5.41 Å². The molecule has 4 heteroatoms. The number of nitrogens with two attached hydrogens (primary N) is 1. The van der Waals surface area contributed by atoms with Gasteiger partial charge in [-0.05, 0) is 37.5 Å². The topological polar surface area (TPSA) is 70.6 Å². The highest BCUT2D eigenvalue weighted by Gasteiger charge is 2.38. The number of aliphatic hydroxyl groups is 1. The van der Waals surface area contributed by atoms with E-state index >= 15 is 0 Å². The summed E-state index contributed by atoms with van der Waals surface area (Å²) in [5.74, 6) is 0.448. The number of nitrogens with one attached hydrogen (secondary N) is 1. The molecule has 4 nitrogen and oxygen atoms in total. The monoisotopic (exact) mass is 241 g/mol. The molecule has 0 amide bonds. The van der Waals surface area contributed by atoms with Gasteiger partial charge < -0.3 is 16.2 Å². The molecule has 0 aromatic heterocycles. The predicted molar refractivity (Wildman–Crippen MR) is 72.0 cm³/mol. The summed E-state index contributed by atoms with van der Waals surface area (Å²) >= 11 is 0. The van der Waals surface area contributed by atoms with Crippen molar-refractivity contribution >= 4 is 5.96 Å². The first-order valence-corrected chi connectivity index (χ1v) is 6.63. The van der Waals surface area contributed by atoms with Crippen LogP contribution >= 0.6 is 0 Å². The Bertz CT molecular complexity index is 276. The van der Waals surface area contributed by atoms with Crippen molar-refractivity contribution in [2.24, 2.45) is 16.1 Å². The molecule has 0 aliphatic heterocycles. The fraction of sp³-hybridized carbons (Fsp3) is 0.923. The Morgan fingerprint density at radius 2 is 2.12 bits per heavy atom. The predicted octanol–water partition coefficient (Wildman–Crippen LogP) is 1.63. The maximum atomic E-state index is 10.5. The average molecular weight is 241 g/mol. The second kappa shape index (κ2) is 5.71. The molecule has 0 heterocycles. The molecule has 1 aliphatic rings. The van der Waals surface area contributed by atoms with Gasteiger partial charge in [0.05, 0.1) is 12.1 Å². The van der Waals surface area contributed by atoms with Crippen LogP contribution in [0.2, 0.25) is 0 Å². The van der Waals surface area contributed by atoms with E-state index in [0.29, 0.717) is 12.5 Å². The molecule has 4 N–H and O–H groups in total. The zero-order chi connectivity index (χ0) is 12.9. The maximum absolute atomic E-state index is 10.5. The van der Waals surface area contributed by atoms with Crippen molar-refractivity contribution in [2.75, 3.05) is 13.1 Å². The molecule has 1 atom stereocenters. The molecular weight excluding hydrogens is 214 g/mol. The number of hydrogen-bond acceptors (Lipinski definition) is 2. The summed E-state index contributed by atoms with van der Waals surface area (Å²) in [5, 5.41) is 13.5. The molecule has 0 saturated heterocycles. The van der Waals surface area contributed by atoms with E-state index in [1.165, 1.54) is 6.42 Å². The zero-order valence-electron chi connectivity index (χ0n) is 11.4. The summed E-state index contributed by atoms with van der Waals surface area (Å²) in [6.07, 6.45) is 4.92. The minimum atomic E-state index is -0.666. The van der Waals surface area contributed by atoms with Gasteiger partial charge in [-0.15, -0.1) is 0 Å². The highest BCUT2D eigenvalue weighted by Crippen LogP contribution is 2.40. The van der Waals surface area contributed by atoms with Gasteiger partial charge in [-0.2, -0.15) is 0 Å². The molecule has 1 rings (SSSR count). The standard InChI is InChI=1S/C13H27N3O/c1-4-8-15-11(14)16-10-13(17)7-5-6-12(2,3)9-13/h17H,4-10H2,1-3H3,(H3,14,15,16). The minimum Gasteiger partial charge on any atom is -0.388 e. The first-order chi connectivity index (χ1) is 7.87. The summed E-state index contributed by atoms with van der Waals surface area (Å²) in [4.78, 5) is 4.26. The number of aliphatic imine (C=N–C) groups is 1. The van der Waals surface area contributed by atoms with E-state index in [1.54, 1.807) is 0 Å². The van der Waals surface area contributed by atoms with Gasteiger partial charge in [0.15, 0.2) is 5.96 Å². The molecule has 0 radical (unpaired) electrons. The fourth-order valence-electron chi connectivity index (χ4n) is 2.64. The molecular formula is C13H27N3O. The average Bonchev–Trinajstić information content (AvgIpc) is 2.22. The quantitative estimate of drug-likeness (QED) is 0.517. The number of nitrogens with zero attached hydrogens (tertiary/aromatic N) is 1. The molecule has 1 unspecified atom stereocenters. The molecule has 0 bridgehead atoms. The largest absolute Gasteiger partial charge is 0.388 e. The molecule has 1 fully saturated rings. The van der Waals surface area contributed by atoms with Gasteiger partial charge >= 0.3 is 0 Å². The van der Waals surface area contributed by atoms with Crippen molar-refractivity contribution in [3.8, 4) is 0 Å². The molecule has 0 spiro atoms. The maximum Gasteiger partial charge on any atom is 0.188 e. The third-order valence-electron chi connectivity index (χ3n) is 3.40. The summed E-state index contributed by atoms with van der Waals surface area (Å²) in [6.45, 7) is 7.74. The SMILES string of the molecule is CCCNC(N)=NCC1(O)CCCC(C)(C)C1. The highest BCUT2D eigenvalue weighted by atomic mass is 16.3. The third-order valence-corrected chi connectivity index (χ3v) is 3.40. The normalized spacial score (nSPS) is 29.1. The van der Waals surface area contributed by atoms with E-state index in [4.69, 9.17) is 5.73 Å². The zero-order valence-corrected chi connectivity index (χ0v) is 11.4. The van der Waals surface area contributed by atoms with Gasteiger partial charge in [0.1, 0.15) is 0 Å². The van der Waals surface area contributed by atoms with Crippen LogP contribution in [0.25, 0.3) is 0 Å². The smallest absolute Gasteiger partial charge is 0.188 e. The first-order valence-electron chi connectivity index (χ1n) is 6.63. The summed E-state index contributed by atoms with van der Waals surface area (Å²) in [6, 6.07) is 0. The van der Waals surface area contributed by atoms with Crippen molar-refractivity contribution < 1.29 is 5.11 Å². The van der Waals surface area contributed by atoms with Crippen molar-refractivity contribution in [3.63, 3.8) is 0 Å². The van der Waals surface area contributed by atoms with E-state index < -0.39 is 5.60 Å². The van der Waals surface area contributed by atoms with E-state index in [9.17, 15) is 5.11 Å². The van der Waals surface area contributed by atoms with Gasteiger partial charge in [0.25, 0.3) is 0 Å². The molecule has 100 valence electrons. The highest BCUT2D eigenvalue weighted by molar-refractivity contribution is 5.77. The van der Waals surface area contributed by atoms with Crippen molar-refractivity contribution in [1.82, 2.24) is 5.32 Å². The van der Waals surface area contributed by atoms with Crippen LogP contribution in [-0.4, -0.2) is 29.8 Å². The molecule has 17 heavy (non-hydrogen) atoms. The van der Waals surface area contributed by atoms with Crippen molar-refractivity contribution in [3.05, 3.63) is 0 Å². The van der Waals surface area contributed by atoms with Crippen LogP contribution in [0.1, 0.15) is 52.9 Å². The van der Waals surface area contributed by atoms with Crippen molar-refractivity contribution in [1.29, 1.82) is 0 Å². The van der Waals surface area contributed by atoms with Gasteiger partial charge in [0, 0.05) is 6.54 Å². The van der Waals surface area contributed by atoms with Gasteiger partial charge in [0.2, 0.25) is 0 Å². The Labute approximate surface area is 105 Å². The Kier molecular flexibility index (Phi) is 4.80. The summed E-state index contributed by atoms with van der Waals surface area (Å²) < 4.78 is 0. The van der Waals surface area contributed by atoms with E-state index in [-0.39, 0.29) is 5.41 Å². The lowest BCUT2D eigenvalue weighted by molar-refractivity contribution is -0.0307.